The third-order valence-electron chi connectivity index (χ3n) is 4.75. The zero-order valence-corrected chi connectivity index (χ0v) is 14.6. The molecule has 0 spiro atoms. The molecule has 1 saturated heterocycles. The van der Waals surface area contributed by atoms with Gasteiger partial charge >= 0.3 is 0 Å². The number of carbonyl (C=O) groups excluding carboxylic acids is 1. The van der Waals surface area contributed by atoms with E-state index in [-0.39, 0.29) is 5.91 Å². The summed E-state index contributed by atoms with van der Waals surface area (Å²) in [6.07, 6.45) is 4.52. The molecule has 24 heavy (non-hydrogen) atoms. The van der Waals surface area contributed by atoms with E-state index in [9.17, 15) is 4.79 Å². The molecule has 1 unspecified atom stereocenters. The fraction of sp³-hybridized carbons (Fsp3) is 0.471. The van der Waals surface area contributed by atoms with Crippen LogP contribution in [0.25, 0.3) is 16.8 Å². The Balaban J connectivity index is 1.53. The number of likely N-dealkylation sites (tertiary alicyclic amines) is 1. The van der Waals surface area contributed by atoms with E-state index in [1.165, 1.54) is 18.2 Å². The highest BCUT2D eigenvalue weighted by Crippen LogP contribution is 2.25. The monoisotopic (exact) mass is 343 g/mol. The summed E-state index contributed by atoms with van der Waals surface area (Å²) in [4.78, 5) is 19.2. The molecule has 0 radical (unpaired) electrons. The highest BCUT2D eigenvalue weighted by molar-refractivity contribution is 7.99. The lowest BCUT2D eigenvalue weighted by Crippen LogP contribution is -2.44. The second-order valence-electron chi connectivity index (χ2n) is 6.20. The van der Waals surface area contributed by atoms with E-state index >= 15 is 0 Å². The molecule has 7 heteroatoms. The van der Waals surface area contributed by atoms with E-state index in [2.05, 4.69) is 27.0 Å². The summed E-state index contributed by atoms with van der Waals surface area (Å²) in [6, 6.07) is 8.37. The topological polar surface area (TPSA) is 66.3 Å². The summed E-state index contributed by atoms with van der Waals surface area (Å²) in [5, 5.41) is 8.08. The molecule has 3 heterocycles. The Hall–Kier alpha value is -2.02. The largest absolute Gasteiger partial charge is 0.339 e. The first-order valence-electron chi connectivity index (χ1n) is 8.51. The number of para-hydroxylation sites is 2. The van der Waals surface area contributed by atoms with Crippen molar-refractivity contribution < 1.29 is 4.79 Å². The van der Waals surface area contributed by atoms with Crippen molar-refractivity contribution in [2.75, 3.05) is 12.3 Å². The first-order chi connectivity index (χ1) is 11.8. The number of rotatable bonds is 4. The Kier molecular flexibility index (Phi) is 4.18. The first-order valence-corrected chi connectivity index (χ1v) is 9.50. The summed E-state index contributed by atoms with van der Waals surface area (Å²) < 4.78 is 1.99. The molecule has 6 nitrogen and oxygen atoms in total. The molecule has 0 bridgehead atoms. The van der Waals surface area contributed by atoms with Gasteiger partial charge in [0.15, 0.2) is 5.16 Å². The number of benzene rings is 1. The number of H-pyrrole nitrogens is 1. The molecule has 3 aromatic rings. The maximum absolute atomic E-state index is 12.6. The summed E-state index contributed by atoms with van der Waals surface area (Å²) in [5.74, 6) is 1.35. The maximum Gasteiger partial charge on any atom is 0.233 e. The van der Waals surface area contributed by atoms with E-state index in [1.807, 2.05) is 28.7 Å². The summed E-state index contributed by atoms with van der Waals surface area (Å²) in [5.41, 5.74) is 1.95. The van der Waals surface area contributed by atoms with Gasteiger partial charge in [-0.25, -0.2) is 10.1 Å². The van der Waals surface area contributed by atoms with Gasteiger partial charge in [0.2, 0.25) is 11.7 Å². The van der Waals surface area contributed by atoms with Crippen LogP contribution in [0.15, 0.2) is 29.4 Å². The van der Waals surface area contributed by atoms with Crippen molar-refractivity contribution in [3.8, 4) is 0 Å². The van der Waals surface area contributed by atoms with Crippen LogP contribution in [0.4, 0.5) is 0 Å². The average molecular weight is 343 g/mol. The molecule has 4 rings (SSSR count). The Bertz CT molecular complexity index is 870. The van der Waals surface area contributed by atoms with Crippen LogP contribution in [0, 0.1) is 0 Å². The number of hydrogen-bond acceptors (Lipinski definition) is 4. The lowest BCUT2D eigenvalue weighted by atomic mass is 10.0. The summed E-state index contributed by atoms with van der Waals surface area (Å²) >= 11 is 1.48. The van der Waals surface area contributed by atoms with Gasteiger partial charge in [-0.1, -0.05) is 30.8 Å². The molecular formula is C17H21N5OS. The molecule has 1 N–H and O–H groups in total. The standard InChI is InChI=1S/C17H21N5OS/c1-2-12-7-5-6-10-21(12)15(23)11-24-17-20-19-16-18-13-8-3-4-9-14(13)22(16)17/h3-4,8-9,12H,2,5-7,10-11H2,1H3,(H,18,19). The molecule has 1 atom stereocenters. The van der Waals surface area contributed by atoms with Gasteiger partial charge in [0, 0.05) is 12.6 Å². The number of carbonyl (C=O) groups is 1. The molecule has 1 aliphatic heterocycles. The number of aromatic nitrogens is 4. The summed E-state index contributed by atoms with van der Waals surface area (Å²) in [7, 11) is 0. The smallest absolute Gasteiger partial charge is 0.233 e. The van der Waals surface area contributed by atoms with Crippen LogP contribution in [0.3, 0.4) is 0 Å². The molecule has 1 aliphatic rings. The molecular weight excluding hydrogens is 322 g/mol. The number of fused-ring (bicyclic) bond motifs is 3. The molecule has 1 aromatic carbocycles. The second-order valence-corrected chi connectivity index (χ2v) is 7.14. The number of hydrogen-bond donors (Lipinski definition) is 1. The SMILES string of the molecule is CCC1CCCCN1C(=O)CSc1n[nH]c2nc3ccccc3n12. The number of amides is 1. The highest BCUT2D eigenvalue weighted by Gasteiger charge is 2.25. The van der Waals surface area contributed by atoms with Crippen molar-refractivity contribution in [1.82, 2.24) is 24.5 Å². The Morgan fingerprint density at radius 2 is 2.25 bits per heavy atom. The number of imidazole rings is 1. The van der Waals surface area contributed by atoms with Gasteiger partial charge in [0.25, 0.3) is 0 Å². The van der Waals surface area contributed by atoms with Gasteiger partial charge in [0.1, 0.15) is 0 Å². The van der Waals surface area contributed by atoms with Crippen molar-refractivity contribution in [3.05, 3.63) is 24.3 Å². The Morgan fingerprint density at radius 3 is 3.12 bits per heavy atom. The van der Waals surface area contributed by atoms with Crippen molar-refractivity contribution in [2.24, 2.45) is 0 Å². The lowest BCUT2D eigenvalue weighted by Gasteiger charge is -2.35. The van der Waals surface area contributed by atoms with Crippen molar-refractivity contribution in [3.63, 3.8) is 0 Å². The van der Waals surface area contributed by atoms with Gasteiger partial charge in [-0.15, -0.1) is 5.10 Å². The zero-order chi connectivity index (χ0) is 16.5. The number of nitrogens with zero attached hydrogens (tertiary/aromatic N) is 4. The van der Waals surface area contributed by atoms with Crippen LogP contribution in [0.5, 0.6) is 0 Å². The van der Waals surface area contributed by atoms with Crippen molar-refractivity contribution in [2.45, 2.75) is 43.8 Å². The van der Waals surface area contributed by atoms with Gasteiger partial charge < -0.3 is 4.90 Å². The minimum absolute atomic E-state index is 0.215. The van der Waals surface area contributed by atoms with Gasteiger partial charge in [-0.2, -0.15) is 0 Å². The van der Waals surface area contributed by atoms with E-state index in [1.54, 1.807) is 0 Å². The van der Waals surface area contributed by atoms with E-state index in [0.29, 0.717) is 11.8 Å². The number of aromatic amines is 1. The average Bonchev–Trinajstić information content (AvgIpc) is 3.18. The van der Waals surface area contributed by atoms with Crippen LogP contribution < -0.4 is 0 Å². The van der Waals surface area contributed by atoms with Crippen LogP contribution in [0.1, 0.15) is 32.6 Å². The fourth-order valence-corrected chi connectivity index (χ4v) is 4.34. The Labute approximate surface area is 144 Å². The zero-order valence-electron chi connectivity index (χ0n) is 13.7. The van der Waals surface area contributed by atoms with Gasteiger partial charge in [0.05, 0.1) is 16.8 Å². The number of thioether (sulfide) groups is 1. The maximum atomic E-state index is 12.6. The fourth-order valence-electron chi connectivity index (χ4n) is 3.50. The Morgan fingerprint density at radius 1 is 1.38 bits per heavy atom. The normalized spacial score (nSPS) is 18.5. The summed E-state index contributed by atoms with van der Waals surface area (Å²) in [6.45, 7) is 3.06. The number of piperidine rings is 1. The lowest BCUT2D eigenvalue weighted by molar-refractivity contribution is -0.132. The highest BCUT2D eigenvalue weighted by atomic mass is 32.2. The molecule has 2 aromatic heterocycles. The quantitative estimate of drug-likeness (QED) is 0.739. The molecule has 0 aliphatic carbocycles. The van der Waals surface area contributed by atoms with Gasteiger partial charge in [-0.3, -0.25) is 9.20 Å². The molecule has 126 valence electrons. The van der Waals surface area contributed by atoms with Crippen LogP contribution in [-0.2, 0) is 4.79 Å². The number of nitrogens with one attached hydrogen (secondary N) is 1. The van der Waals surface area contributed by atoms with Crippen LogP contribution in [-0.4, -0.2) is 48.7 Å². The van der Waals surface area contributed by atoms with E-state index < -0.39 is 0 Å². The second kappa shape index (κ2) is 6.47. The predicted octanol–water partition coefficient (Wildman–Crippen LogP) is 3.09. The van der Waals surface area contributed by atoms with Crippen LogP contribution >= 0.6 is 11.8 Å². The molecule has 0 saturated carbocycles. The van der Waals surface area contributed by atoms with E-state index in [4.69, 9.17) is 0 Å². The van der Waals surface area contributed by atoms with Crippen molar-refractivity contribution >= 4 is 34.5 Å². The third-order valence-corrected chi connectivity index (χ3v) is 5.67. The third kappa shape index (κ3) is 2.66. The molecule has 1 amide bonds. The van der Waals surface area contributed by atoms with Crippen molar-refractivity contribution in [1.29, 1.82) is 0 Å². The molecule has 1 fully saturated rings. The first kappa shape index (κ1) is 15.5. The van der Waals surface area contributed by atoms with E-state index in [0.717, 1.165) is 47.8 Å². The minimum Gasteiger partial charge on any atom is -0.339 e. The predicted molar refractivity (Wildman–Crippen MR) is 95.2 cm³/mol. The van der Waals surface area contributed by atoms with Crippen LogP contribution in [0.2, 0.25) is 0 Å². The minimum atomic E-state index is 0.215. The van der Waals surface area contributed by atoms with Gasteiger partial charge in [-0.05, 0) is 37.8 Å².